The van der Waals surface area contributed by atoms with E-state index >= 15 is 0 Å². The molecule has 1 N–H and O–H groups in total. The molecule has 110 valence electrons. The maximum Gasteiger partial charge on any atom is 0.229 e. The van der Waals surface area contributed by atoms with Crippen LogP contribution in [-0.2, 0) is 11.3 Å². The van der Waals surface area contributed by atoms with Crippen LogP contribution in [0.25, 0.3) is 0 Å². The Labute approximate surface area is 131 Å². The van der Waals surface area contributed by atoms with Crippen molar-refractivity contribution >= 4 is 29.9 Å². The van der Waals surface area contributed by atoms with Crippen molar-refractivity contribution in [2.75, 3.05) is 19.6 Å². The summed E-state index contributed by atoms with van der Waals surface area (Å²) in [6, 6.07) is 7.78. The molecule has 3 rings (SSSR count). The number of nitrogens with zero attached hydrogens (tertiary/aromatic N) is 1. The lowest BCUT2D eigenvalue weighted by atomic mass is 9.78. The molecule has 0 atom stereocenters. The first-order chi connectivity index (χ1) is 9.20. The molecule has 0 unspecified atom stereocenters. The van der Waals surface area contributed by atoms with E-state index in [-0.39, 0.29) is 17.8 Å². The van der Waals surface area contributed by atoms with Crippen LogP contribution in [0.4, 0.5) is 0 Å². The molecule has 20 heavy (non-hydrogen) atoms. The number of hydrogen-bond donors (Lipinski definition) is 1. The summed E-state index contributed by atoms with van der Waals surface area (Å²) in [5.41, 5.74) is 1.08. The van der Waals surface area contributed by atoms with E-state index in [2.05, 4.69) is 5.32 Å². The van der Waals surface area contributed by atoms with E-state index in [4.69, 9.17) is 11.6 Å². The lowest BCUT2D eigenvalue weighted by molar-refractivity contribution is -0.137. The van der Waals surface area contributed by atoms with Gasteiger partial charge in [0, 0.05) is 18.1 Å². The lowest BCUT2D eigenvalue weighted by Gasteiger charge is -2.32. The van der Waals surface area contributed by atoms with Crippen molar-refractivity contribution in [3.8, 4) is 0 Å². The molecule has 0 aliphatic carbocycles. The maximum atomic E-state index is 12.6. The predicted molar refractivity (Wildman–Crippen MR) is 83.3 cm³/mol. The van der Waals surface area contributed by atoms with Gasteiger partial charge in [0.15, 0.2) is 0 Å². The summed E-state index contributed by atoms with van der Waals surface area (Å²) >= 11 is 5.89. The summed E-state index contributed by atoms with van der Waals surface area (Å²) in [5, 5.41) is 4.08. The van der Waals surface area contributed by atoms with E-state index < -0.39 is 0 Å². The maximum absolute atomic E-state index is 12.6. The zero-order chi connectivity index (χ0) is 13.3. The van der Waals surface area contributed by atoms with Gasteiger partial charge in [-0.25, -0.2) is 0 Å². The van der Waals surface area contributed by atoms with Gasteiger partial charge in [0.1, 0.15) is 0 Å². The van der Waals surface area contributed by atoms with Gasteiger partial charge in [0.2, 0.25) is 5.91 Å². The lowest BCUT2D eigenvalue weighted by Crippen LogP contribution is -2.42. The van der Waals surface area contributed by atoms with Gasteiger partial charge < -0.3 is 10.2 Å². The Bertz CT molecular complexity index is 469. The molecule has 2 aliphatic heterocycles. The van der Waals surface area contributed by atoms with E-state index in [0.717, 1.165) is 49.5 Å². The molecule has 0 aromatic heterocycles. The van der Waals surface area contributed by atoms with Gasteiger partial charge in [-0.15, -0.1) is 12.4 Å². The molecule has 2 fully saturated rings. The molecule has 1 aromatic rings. The van der Waals surface area contributed by atoms with Crippen LogP contribution in [0.2, 0.25) is 5.02 Å². The molecule has 0 bridgehead atoms. The van der Waals surface area contributed by atoms with Gasteiger partial charge in [0.25, 0.3) is 0 Å². The Morgan fingerprint density at radius 2 is 1.80 bits per heavy atom. The van der Waals surface area contributed by atoms with Crippen LogP contribution in [0.1, 0.15) is 24.8 Å². The monoisotopic (exact) mass is 314 g/mol. The molecule has 2 saturated heterocycles. The van der Waals surface area contributed by atoms with Crippen LogP contribution < -0.4 is 5.32 Å². The molecule has 1 aromatic carbocycles. The Morgan fingerprint density at radius 3 is 2.45 bits per heavy atom. The fraction of sp³-hybridized carbons (Fsp3) is 0.533. The third-order valence-corrected chi connectivity index (χ3v) is 4.70. The second kappa shape index (κ2) is 6.33. The molecule has 3 nitrogen and oxygen atoms in total. The topological polar surface area (TPSA) is 32.3 Å². The summed E-state index contributed by atoms with van der Waals surface area (Å²) in [7, 11) is 0. The third kappa shape index (κ3) is 2.95. The van der Waals surface area contributed by atoms with Crippen LogP contribution in [0.5, 0.6) is 0 Å². The number of rotatable bonds is 2. The summed E-state index contributed by atoms with van der Waals surface area (Å²) < 4.78 is 0. The second-order valence-corrected chi connectivity index (χ2v) is 6.07. The molecule has 0 saturated carbocycles. The largest absolute Gasteiger partial charge is 0.338 e. The fourth-order valence-corrected chi connectivity index (χ4v) is 3.35. The Kier molecular flexibility index (Phi) is 4.95. The highest BCUT2D eigenvalue weighted by Crippen LogP contribution is 2.40. The molecular weight excluding hydrogens is 295 g/mol. The van der Waals surface area contributed by atoms with E-state index in [1.54, 1.807) is 0 Å². The summed E-state index contributed by atoms with van der Waals surface area (Å²) in [4.78, 5) is 14.6. The number of likely N-dealkylation sites (tertiary alicyclic amines) is 1. The highest BCUT2D eigenvalue weighted by atomic mass is 35.5. The highest BCUT2D eigenvalue weighted by Gasteiger charge is 2.46. The van der Waals surface area contributed by atoms with Crippen LogP contribution in [0, 0.1) is 5.41 Å². The zero-order valence-corrected chi connectivity index (χ0v) is 13.0. The molecule has 1 amide bonds. The van der Waals surface area contributed by atoms with Crippen molar-refractivity contribution in [3.63, 3.8) is 0 Å². The van der Waals surface area contributed by atoms with Gasteiger partial charge in [-0.2, -0.15) is 0 Å². The Morgan fingerprint density at radius 1 is 1.15 bits per heavy atom. The minimum absolute atomic E-state index is 0. The number of benzene rings is 1. The quantitative estimate of drug-likeness (QED) is 0.910. The van der Waals surface area contributed by atoms with Gasteiger partial charge >= 0.3 is 0 Å². The smallest absolute Gasteiger partial charge is 0.229 e. The van der Waals surface area contributed by atoms with E-state index in [1.165, 1.54) is 0 Å². The van der Waals surface area contributed by atoms with Gasteiger partial charge in [-0.1, -0.05) is 23.7 Å². The highest BCUT2D eigenvalue weighted by molar-refractivity contribution is 6.30. The zero-order valence-electron chi connectivity index (χ0n) is 11.4. The first-order valence-electron chi connectivity index (χ1n) is 6.94. The fourth-order valence-electron chi connectivity index (χ4n) is 3.22. The summed E-state index contributed by atoms with van der Waals surface area (Å²) in [6.07, 6.45) is 2.99. The molecule has 1 spiro atoms. The van der Waals surface area contributed by atoms with E-state index in [0.29, 0.717) is 12.5 Å². The number of carbonyl (C=O) groups excluding carboxylic acids is 1. The number of amides is 1. The Hall–Kier alpha value is -0.770. The van der Waals surface area contributed by atoms with E-state index in [9.17, 15) is 4.79 Å². The first-order valence-corrected chi connectivity index (χ1v) is 7.32. The molecular formula is C15H20Cl2N2O. The number of halogens is 2. The minimum atomic E-state index is -0.0718. The number of nitrogens with one attached hydrogen (secondary N) is 1. The number of carbonyl (C=O) groups is 1. The first kappa shape index (κ1) is 15.6. The summed E-state index contributed by atoms with van der Waals surface area (Å²) in [5.74, 6) is 0.351. The average Bonchev–Trinajstić information content (AvgIpc) is 2.72. The van der Waals surface area contributed by atoms with Crippen molar-refractivity contribution in [2.45, 2.75) is 25.8 Å². The Balaban J connectivity index is 0.00000147. The van der Waals surface area contributed by atoms with Crippen molar-refractivity contribution in [1.82, 2.24) is 10.2 Å². The molecule has 0 radical (unpaired) electrons. The normalized spacial score (nSPS) is 21.1. The van der Waals surface area contributed by atoms with Crippen LogP contribution in [-0.4, -0.2) is 30.4 Å². The van der Waals surface area contributed by atoms with Crippen LogP contribution in [0.3, 0.4) is 0 Å². The predicted octanol–water partition coefficient (Wildman–Crippen LogP) is 2.86. The molecule has 2 aliphatic rings. The SMILES string of the molecule is Cl.O=C1N(Cc2ccc(Cl)cc2)CCC12CCNCC2. The van der Waals surface area contributed by atoms with Crippen molar-refractivity contribution in [1.29, 1.82) is 0 Å². The second-order valence-electron chi connectivity index (χ2n) is 5.63. The van der Waals surface area contributed by atoms with Crippen molar-refractivity contribution < 1.29 is 4.79 Å². The third-order valence-electron chi connectivity index (χ3n) is 4.45. The standard InChI is InChI=1S/C15H19ClN2O.ClH/c16-13-3-1-12(2-4-13)11-18-10-7-15(14(18)19)5-8-17-9-6-15;/h1-4,17H,5-11H2;1H. The van der Waals surface area contributed by atoms with Crippen LogP contribution >= 0.6 is 24.0 Å². The van der Waals surface area contributed by atoms with Gasteiger partial charge in [0.05, 0.1) is 5.41 Å². The molecule has 5 heteroatoms. The molecule has 2 heterocycles. The minimum Gasteiger partial charge on any atom is -0.338 e. The van der Waals surface area contributed by atoms with Crippen LogP contribution in [0.15, 0.2) is 24.3 Å². The number of hydrogen-bond acceptors (Lipinski definition) is 2. The summed E-state index contributed by atoms with van der Waals surface area (Å²) in [6.45, 7) is 3.55. The van der Waals surface area contributed by atoms with Gasteiger partial charge in [-0.3, -0.25) is 4.79 Å². The van der Waals surface area contributed by atoms with E-state index in [1.807, 2.05) is 29.2 Å². The average molecular weight is 315 g/mol. The number of piperidine rings is 1. The van der Waals surface area contributed by atoms with Crippen molar-refractivity contribution in [3.05, 3.63) is 34.9 Å². The van der Waals surface area contributed by atoms with Gasteiger partial charge in [-0.05, 0) is 50.0 Å². The van der Waals surface area contributed by atoms with Crippen molar-refractivity contribution in [2.24, 2.45) is 5.41 Å².